The molecule has 0 bridgehead atoms. The second kappa shape index (κ2) is 6.87. The summed E-state index contributed by atoms with van der Waals surface area (Å²) in [6.07, 6.45) is 2.40. The van der Waals surface area contributed by atoms with Gasteiger partial charge in [0.2, 0.25) is 5.91 Å². The maximum atomic E-state index is 11.7. The average molecular weight is 309 g/mol. The molecule has 0 aromatic carbocycles. The van der Waals surface area contributed by atoms with Gasteiger partial charge in [0.1, 0.15) is 6.33 Å². The molecule has 0 unspecified atom stereocenters. The molecular weight excluding hydrogens is 293 g/mol. The molecule has 18 heavy (non-hydrogen) atoms. The Bertz CT molecular complexity index is 483. The first-order valence-corrected chi connectivity index (χ1v) is 6.05. The van der Waals surface area contributed by atoms with Gasteiger partial charge in [-0.25, -0.2) is 14.7 Å². The van der Waals surface area contributed by atoms with Crippen LogP contribution in [-0.2, 0) is 33.4 Å². The molecule has 0 atom stereocenters. The number of amides is 1. The van der Waals surface area contributed by atoms with E-state index in [1.807, 2.05) is 4.72 Å². The number of sulfonamides is 1. The molecule has 0 aliphatic carbocycles. The Labute approximate surface area is 120 Å². The Balaban J connectivity index is 0. The summed E-state index contributed by atoms with van der Waals surface area (Å²) in [5, 5.41) is -0.222. The number of aromatic nitrogens is 2. The Hall–Kier alpha value is -0.916. The third-order valence-corrected chi connectivity index (χ3v) is 2.98. The minimum absolute atomic E-state index is 0. The molecule has 1 heterocycles. The summed E-state index contributed by atoms with van der Waals surface area (Å²) in [7, 11) is -3.89. The number of hydrogen-bond donors (Lipinski definition) is 1. The Morgan fingerprint density at radius 1 is 1.33 bits per heavy atom. The molecule has 1 aromatic heterocycles. The van der Waals surface area contributed by atoms with Crippen molar-refractivity contribution in [3.63, 3.8) is 0 Å². The van der Waals surface area contributed by atoms with Crippen molar-refractivity contribution in [2.24, 2.45) is 5.41 Å². The number of nitrogens with one attached hydrogen (secondary N) is 1. The van der Waals surface area contributed by atoms with Gasteiger partial charge in [0.05, 0.1) is 0 Å². The van der Waals surface area contributed by atoms with E-state index in [-0.39, 0.29) is 31.0 Å². The van der Waals surface area contributed by atoms with Gasteiger partial charge in [-0.05, 0) is 6.07 Å². The van der Waals surface area contributed by atoms with Crippen LogP contribution in [0, 0.1) is 12.8 Å². The zero-order valence-corrected chi connectivity index (χ0v) is 12.9. The van der Waals surface area contributed by atoms with E-state index in [1.165, 1.54) is 12.3 Å². The summed E-state index contributed by atoms with van der Waals surface area (Å²) in [6.45, 7) is 4.87. The molecule has 1 rings (SSSR count). The fourth-order valence-electron chi connectivity index (χ4n) is 0.765. The third kappa shape index (κ3) is 5.16. The third-order valence-electron chi connectivity index (χ3n) is 1.74. The number of rotatable bonds is 2. The predicted molar refractivity (Wildman–Crippen MR) is 63.2 cm³/mol. The molecule has 0 saturated heterocycles. The number of carbonyl (C=O) groups is 1. The topological polar surface area (TPSA) is 89.0 Å². The van der Waals surface area contributed by atoms with Crippen molar-refractivity contribution >= 4 is 15.9 Å². The van der Waals surface area contributed by atoms with Crippen molar-refractivity contribution in [3.05, 3.63) is 26.0 Å². The van der Waals surface area contributed by atoms with E-state index in [0.29, 0.717) is 0 Å². The van der Waals surface area contributed by atoms with E-state index in [2.05, 4.69) is 9.97 Å². The van der Waals surface area contributed by atoms with E-state index < -0.39 is 21.3 Å². The summed E-state index contributed by atoms with van der Waals surface area (Å²) in [6, 6.07) is 1.22. The molecule has 1 N–H and O–H groups in total. The first kappa shape index (κ1) is 19.4. The van der Waals surface area contributed by atoms with Crippen LogP contribution in [0.5, 0.6) is 0 Å². The fraction of sp³-hybridized carbons (Fsp3) is 0.400. The predicted octanol–water partition coefficient (Wildman–Crippen LogP) is 0.775. The Morgan fingerprint density at radius 3 is 2.28 bits per heavy atom. The van der Waals surface area contributed by atoms with Gasteiger partial charge >= 0.3 is 0 Å². The Kier molecular flexibility index (Phi) is 7.41. The molecule has 1 amide bonds. The molecule has 101 valence electrons. The largest absolute Gasteiger partial charge is 0.358 e. The van der Waals surface area contributed by atoms with Gasteiger partial charge in [-0.1, -0.05) is 20.8 Å². The standard InChI is InChI=1S/C9H13N3O3S.CH3.V/c1-9(2,3)8(13)12-16(14,15)7-4-5-10-6-11-7;;/h4-6H,1-3H3,(H,12,13);1H3;/q;-1;. The van der Waals surface area contributed by atoms with Crippen molar-refractivity contribution in [3.8, 4) is 0 Å². The number of carbonyl (C=O) groups excluding carboxylic acids is 1. The maximum absolute atomic E-state index is 11.7. The molecule has 8 heteroatoms. The molecule has 0 saturated carbocycles. The molecule has 1 aromatic rings. The van der Waals surface area contributed by atoms with Crippen LogP contribution in [0.2, 0.25) is 0 Å². The van der Waals surface area contributed by atoms with Crippen LogP contribution in [0.25, 0.3) is 0 Å². The quantitative estimate of drug-likeness (QED) is 0.644. The molecule has 1 radical (unpaired) electrons. The van der Waals surface area contributed by atoms with Crippen LogP contribution in [0.4, 0.5) is 0 Å². The second-order valence-electron chi connectivity index (χ2n) is 4.23. The fourth-order valence-corrected chi connectivity index (χ4v) is 1.85. The van der Waals surface area contributed by atoms with E-state index >= 15 is 0 Å². The van der Waals surface area contributed by atoms with Gasteiger partial charge in [0, 0.05) is 30.2 Å². The van der Waals surface area contributed by atoms with Gasteiger partial charge in [-0.15, -0.1) is 0 Å². The Morgan fingerprint density at radius 2 is 1.89 bits per heavy atom. The number of nitrogens with zero attached hydrogens (tertiary/aromatic N) is 2. The minimum atomic E-state index is -3.89. The van der Waals surface area contributed by atoms with Crippen molar-refractivity contribution in [2.75, 3.05) is 0 Å². The summed E-state index contributed by atoms with van der Waals surface area (Å²) in [4.78, 5) is 18.7. The summed E-state index contributed by atoms with van der Waals surface area (Å²) in [5.74, 6) is -0.578. The maximum Gasteiger partial charge on any atom is 0.281 e. The second-order valence-corrected chi connectivity index (χ2v) is 5.86. The molecule has 0 fully saturated rings. The summed E-state index contributed by atoms with van der Waals surface area (Å²) >= 11 is 0. The van der Waals surface area contributed by atoms with Crippen LogP contribution in [0.3, 0.4) is 0 Å². The zero-order valence-electron chi connectivity index (χ0n) is 10.7. The normalized spacial score (nSPS) is 10.8. The van der Waals surface area contributed by atoms with Gasteiger partial charge in [-0.2, -0.15) is 8.42 Å². The van der Waals surface area contributed by atoms with Gasteiger partial charge in [0.15, 0.2) is 5.03 Å². The van der Waals surface area contributed by atoms with Gasteiger partial charge in [0.25, 0.3) is 10.0 Å². The van der Waals surface area contributed by atoms with Gasteiger partial charge < -0.3 is 7.43 Å². The first-order valence-electron chi connectivity index (χ1n) is 4.57. The van der Waals surface area contributed by atoms with E-state index in [9.17, 15) is 13.2 Å². The van der Waals surface area contributed by atoms with Crippen LogP contribution in [-0.4, -0.2) is 24.3 Å². The molecular formula is C10H16N3O3SV-. The van der Waals surface area contributed by atoms with E-state index in [1.54, 1.807) is 20.8 Å². The molecule has 0 aliphatic heterocycles. The van der Waals surface area contributed by atoms with Crippen molar-refractivity contribution in [1.82, 2.24) is 14.7 Å². The number of hydrogen-bond acceptors (Lipinski definition) is 5. The smallest absolute Gasteiger partial charge is 0.281 e. The van der Waals surface area contributed by atoms with Crippen LogP contribution < -0.4 is 4.72 Å². The zero-order chi connectivity index (χ0) is 12.4. The van der Waals surface area contributed by atoms with E-state index in [4.69, 9.17) is 0 Å². The minimum Gasteiger partial charge on any atom is -0.358 e. The first-order chi connectivity index (χ1) is 7.23. The van der Waals surface area contributed by atoms with Crippen LogP contribution in [0.1, 0.15) is 20.8 Å². The van der Waals surface area contributed by atoms with Crippen LogP contribution >= 0.6 is 0 Å². The average Bonchev–Trinajstić information content (AvgIpc) is 2.17. The van der Waals surface area contributed by atoms with Crippen molar-refractivity contribution in [1.29, 1.82) is 0 Å². The van der Waals surface area contributed by atoms with Gasteiger partial charge in [-0.3, -0.25) is 4.79 Å². The van der Waals surface area contributed by atoms with Crippen molar-refractivity contribution in [2.45, 2.75) is 25.8 Å². The molecule has 6 nitrogen and oxygen atoms in total. The molecule has 0 spiro atoms. The van der Waals surface area contributed by atoms with Crippen LogP contribution in [0.15, 0.2) is 23.6 Å². The summed E-state index contributed by atoms with van der Waals surface area (Å²) < 4.78 is 25.3. The monoisotopic (exact) mass is 309 g/mol. The summed E-state index contributed by atoms with van der Waals surface area (Å²) in [5.41, 5.74) is -0.778. The molecule has 0 aliphatic rings. The van der Waals surface area contributed by atoms with Crippen molar-refractivity contribution < 1.29 is 31.8 Å². The van der Waals surface area contributed by atoms with E-state index in [0.717, 1.165) is 6.33 Å². The SMILES string of the molecule is CC(C)(C)C(=O)NS(=O)(=O)c1ccncn1.[CH3-].[V].